The van der Waals surface area contributed by atoms with Crippen LogP contribution >= 0.6 is 0 Å². The van der Waals surface area contributed by atoms with Crippen molar-refractivity contribution in [2.24, 2.45) is 0 Å². The highest BCUT2D eigenvalue weighted by Gasteiger charge is 1.96. The van der Waals surface area contributed by atoms with Gasteiger partial charge in [0.1, 0.15) is 0 Å². The van der Waals surface area contributed by atoms with Crippen molar-refractivity contribution in [2.75, 3.05) is 0 Å². The lowest BCUT2D eigenvalue weighted by atomic mass is 10.1. The van der Waals surface area contributed by atoms with Crippen LogP contribution in [0.5, 0.6) is 0 Å². The molecule has 0 amide bonds. The van der Waals surface area contributed by atoms with Gasteiger partial charge in [-0.2, -0.15) is 0 Å². The lowest BCUT2D eigenvalue weighted by Crippen LogP contribution is -1.99. The Balaban J connectivity index is 3.78. The van der Waals surface area contributed by atoms with E-state index in [-0.39, 0.29) is 5.97 Å². The van der Waals surface area contributed by atoms with Crippen LogP contribution in [0.4, 0.5) is 0 Å². The number of hydrogen-bond donors (Lipinski definition) is 0. The molecule has 0 aromatic carbocycles. The van der Waals surface area contributed by atoms with E-state index < -0.39 is 0 Å². The van der Waals surface area contributed by atoms with Gasteiger partial charge in [0, 0.05) is 0 Å². The Hall–Kier alpha value is -0.573. The number of hydrogen-bond acceptors (Lipinski definition) is 2. The minimum absolute atomic E-state index is 0.101. The van der Waals surface area contributed by atoms with Gasteiger partial charge in [-0.25, -0.2) is 0 Å². The number of allylic oxidation sites excluding steroid dienone is 1. The summed E-state index contributed by atoms with van der Waals surface area (Å²) in [5.41, 5.74) is 1.33. The Labute approximate surface area is 71.2 Å². The van der Waals surface area contributed by atoms with Gasteiger partial charge in [0.15, 0.2) is 0 Å². The van der Waals surface area contributed by atoms with E-state index in [4.69, 9.17) is 0 Å². The van der Waals surface area contributed by atoms with Crippen LogP contribution in [-0.2, 0) is 9.22 Å². The van der Waals surface area contributed by atoms with Crippen molar-refractivity contribution in [2.45, 2.75) is 33.1 Å². The van der Waals surface area contributed by atoms with Gasteiger partial charge in [0.05, 0.1) is 6.42 Å². The van der Waals surface area contributed by atoms with E-state index in [2.05, 4.69) is 18.3 Å². The number of carbonyl (C=O) groups excluding carboxylic acids is 1. The Kier molecular flexibility index (Phi) is 5.84. The van der Waals surface area contributed by atoms with Crippen molar-refractivity contribution >= 4 is 16.5 Å². The minimum atomic E-state index is -0.101. The summed E-state index contributed by atoms with van der Waals surface area (Å²) in [6.07, 6.45) is 4.48. The first-order valence-electron chi connectivity index (χ1n) is 3.99. The second kappa shape index (κ2) is 6.16. The molecule has 2 nitrogen and oxygen atoms in total. The van der Waals surface area contributed by atoms with E-state index in [9.17, 15) is 4.79 Å². The maximum absolute atomic E-state index is 10.7. The predicted octanol–water partition coefficient (Wildman–Crippen LogP) is 0.946. The maximum atomic E-state index is 10.7. The highest BCUT2D eigenvalue weighted by atomic mass is 28.2. The Morgan fingerprint density at radius 2 is 2.00 bits per heavy atom. The topological polar surface area (TPSA) is 26.3 Å². The van der Waals surface area contributed by atoms with E-state index in [1.165, 1.54) is 5.57 Å². The van der Waals surface area contributed by atoms with E-state index in [0.717, 1.165) is 12.8 Å². The highest BCUT2D eigenvalue weighted by molar-refractivity contribution is 6.05. The van der Waals surface area contributed by atoms with Crippen LogP contribution < -0.4 is 0 Å². The first-order valence-corrected chi connectivity index (χ1v) is 4.80. The van der Waals surface area contributed by atoms with E-state index in [1.54, 1.807) is 0 Å². The molecule has 0 atom stereocenters. The Morgan fingerprint density at radius 3 is 2.36 bits per heavy atom. The maximum Gasteiger partial charge on any atom is 0.295 e. The number of rotatable bonds is 4. The summed E-state index contributed by atoms with van der Waals surface area (Å²) in [5.74, 6) is -0.101. The van der Waals surface area contributed by atoms with Crippen molar-refractivity contribution in [1.29, 1.82) is 0 Å². The molecule has 0 spiro atoms. The fourth-order valence-corrected chi connectivity index (χ4v) is 1.02. The third-order valence-corrected chi connectivity index (χ3v) is 2.15. The molecule has 0 fully saturated rings. The van der Waals surface area contributed by atoms with Crippen LogP contribution in [0.2, 0.25) is 0 Å². The predicted molar refractivity (Wildman–Crippen MR) is 49.3 cm³/mol. The van der Waals surface area contributed by atoms with Gasteiger partial charge in [-0.15, -0.1) is 0 Å². The van der Waals surface area contributed by atoms with Gasteiger partial charge in [-0.1, -0.05) is 25.5 Å². The standard InChI is InChI=1S/C8H16O2Si/c1-3-7(4-2)5-6-8(9)10-11/h5H,3-4,6H2,1-2,11H3. The second-order valence-corrected chi connectivity index (χ2v) is 2.76. The Morgan fingerprint density at radius 1 is 1.45 bits per heavy atom. The van der Waals surface area contributed by atoms with Crippen LogP contribution in [0.3, 0.4) is 0 Å². The third kappa shape index (κ3) is 4.78. The monoisotopic (exact) mass is 172 g/mol. The molecule has 11 heavy (non-hydrogen) atoms. The minimum Gasteiger partial charge on any atom is -0.529 e. The Bertz CT molecular complexity index is 146. The first-order chi connectivity index (χ1) is 5.24. The molecular formula is C8H16O2Si. The molecule has 3 heteroatoms. The molecule has 0 aliphatic carbocycles. The van der Waals surface area contributed by atoms with Crippen LogP contribution in [0.15, 0.2) is 11.6 Å². The summed E-state index contributed by atoms with van der Waals surface area (Å²) < 4.78 is 4.64. The fraction of sp³-hybridized carbons (Fsp3) is 0.625. The third-order valence-electron chi connectivity index (χ3n) is 1.69. The summed E-state index contributed by atoms with van der Waals surface area (Å²) in [7, 11) is 0.507. The van der Waals surface area contributed by atoms with Gasteiger partial charge in [-0.05, 0) is 12.8 Å². The van der Waals surface area contributed by atoms with Gasteiger partial charge in [0.25, 0.3) is 5.97 Å². The largest absolute Gasteiger partial charge is 0.529 e. The lowest BCUT2D eigenvalue weighted by molar-refractivity contribution is -0.133. The van der Waals surface area contributed by atoms with E-state index in [1.807, 2.05) is 6.08 Å². The van der Waals surface area contributed by atoms with Crippen LogP contribution in [-0.4, -0.2) is 16.5 Å². The van der Waals surface area contributed by atoms with Crippen molar-refractivity contribution < 1.29 is 9.22 Å². The molecule has 0 N–H and O–H groups in total. The fourth-order valence-electron chi connectivity index (χ4n) is 0.850. The van der Waals surface area contributed by atoms with Crippen molar-refractivity contribution in [3.05, 3.63) is 11.6 Å². The molecule has 0 saturated carbocycles. The summed E-state index contributed by atoms with van der Waals surface area (Å²) in [6.45, 7) is 4.20. The molecule has 0 aliphatic heterocycles. The summed E-state index contributed by atoms with van der Waals surface area (Å²) >= 11 is 0. The van der Waals surface area contributed by atoms with Gasteiger partial charge in [-0.3, -0.25) is 4.79 Å². The van der Waals surface area contributed by atoms with E-state index in [0.29, 0.717) is 16.9 Å². The van der Waals surface area contributed by atoms with E-state index >= 15 is 0 Å². The van der Waals surface area contributed by atoms with Gasteiger partial charge >= 0.3 is 0 Å². The van der Waals surface area contributed by atoms with Crippen LogP contribution in [0.25, 0.3) is 0 Å². The first kappa shape index (κ1) is 10.4. The van der Waals surface area contributed by atoms with Gasteiger partial charge in [0.2, 0.25) is 10.5 Å². The van der Waals surface area contributed by atoms with Crippen LogP contribution in [0, 0.1) is 0 Å². The molecule has 0 aliphatic rings. The van der Waals surface area contributed by atoms with Crippen molar-refractivity contribution in [3.8, 4) is 0 Å². The lowest BCUT2D eigenvalue weighted by Gasteiger charge is -1.99. The average molecular weight is 172 g/mol. The normalized spacial score (nSPS) is 9.27. The molecule has 0 bridgehead atoms. The summed E-state index contributed by atoms with van der Waals surface area (Å²) in [6, 6.07) is 0. The highest BCUT2D eigenvalue weighted by Crippen LogP contribution is 2.06. The zero-order valence-electron chi connectivity index (χ0n) is 7.52. The van der Waals surface area contributed by atoms with Crippen molar-refractivity contribution in [1.82, 2.24) is 0 Å². The molecule has 0 radical (unpaired) electrons. The second-order valence-electron chi connectivity index (χ2n) is 2.35. The molecule has 0 heterocycles. The molecule has 0 aromatic rings. The summed E-state index contributed by atoms with van der Waals surface area (Å²) in [5, 5.41) is 0. The zero-order chi connectivity index (χ0) is 8.69. The average Bonchev–Trinajstić information content (AvgIpc) is 2.06. The quantitative estimate of drug-likeness (QED) is 0.466. The molecule has 0 aromatic heterocycles. The number of carbonyl (C=O) groups is 1. The van der Waals surface area contributed by atoms with Crippen molar-refractivity contribution in [3.63, 3.8) is 0 Å². The molecule has 0 saturated heterocycles. The van der Waals surface area contributed by atoms with Gasteiger partial charge < -0.3 is 4.43 Å². The smallest absolute Gasteiger partial charge is 0.295 e. The molecule has 64 valence electrons. The zero-order valence-corrected chi connectivity index (χ0v) is 9.52. The van der Waals surface area contributed by atoms with Crippen LogP contribution in [0.1, 0.15) is 33.1 Å². The molecule has 0 unspecified atom stereocenters. The molecular weight excluding hydrogens is 156 g/mol. The summed E-state index contributed by atoms with van der Waals surface area (Å²) in [4.78, 5) is 10.7. The molecule has 0 rings (SSSR count). The SMILES string of the molecule is CCC(=CCC(=O)O[SiH3])CC.